The predicted octanol–water partition coefficient (Wildman–Crippen LogP) is -1.01. The number of hydrogen-bond acceptors (Lipinski definition) is 4. The molecular formula is C8H8N4O2. The van der Waals surface area contributed by atoms with E-state index in [-0.39, 0.29) is 16.5 Å². The van der Waals surface area contributed by atoms with Crippen molar-refractivity contribution in [3.05, 3.63) is 38.9 Å². The average molecular weight is 192 g/mol. The van der Waals surface area contributed by atoms with Gasteiger partial charge in [-0.1, -0.05) is 6.07 Å². The topological polar surface area (TPSA) is 107 Å². The lowest BCUT2D eigenvalue weighted by atomic mass is 10.1. The normalized spacial score (nSPS) is 10.6. The molecule has 6 nitrogen and oxygen atoms in total. The summed E-state index contributed by atoms with van der Waals surface area (Å²) < 4.78 is 0. The van der Waals surface area contributed by atoms with Crippen LogP contribution in [0, 0.1) is 0 Å². The maximum Gasteiger partial charge on any atom is 0.292 e. The fourth-order valence-electron chi connectivity index (χ4n) is 1.35. The van der Waals surface area contributed by atoms with E-state index < -0.39 is 11.1 Å². The van der Waals surface area contributed by atoms with E-state index in [0.717, 1.165) is 0 Å². The van der Waals surface area contributed by atoms with Gasteiger partial charge in [0.05, 0.1) is 10.8 Å². The number of rotatable bonds is 0. The van der Waals surface area contributed by atoms with E-state index in [2.05, 4.69) is 5.10 Å². The number of nitrogen functional groups attached to an aromatic ring is 2. The van der Waals surface area contributed by atoms with E-state index in [0.29, 0.717) is 4.79 Å². The first kappa shape index (κ1) is 8.36. The van der Waals surface area contributed by atoms with Gasteiger partial charge in [-0.25, -0.2) is 5.10 Å². The monoisotopic (exact) mass is 192 g/mol. The van der Waals surface area contributed by atoms with Crippen LogP contribution in [0.4, 0.5) is 5.69 Å². The minimum atomic E-state index is -0.480. The van der Waals surface area contributed by atoms with Crippen molar-refractivity contribution in [2.75, 3.05) is 11.6 Å². The lowest BCUT2D eigenvalue weighted by Crippen LogP contribution is -2.35. The molecular weight excluding hydrogens is 184 g/mol. The highest BCUT2D eigenvalue weighted by atomic mass is 16.2. The Morgan fingerprint density at radius 3 is 2.71 bits per heavy atom. The summed E-state index contributed by atoms with van der Waals surface area (Å²) in [5.74, 6) is 5.24. The molecule has 72 valence electrons. The molecule has 0 aliphatic carbocycles. The Balaban J connectivity index is 3.18. The molecule has 1 aromatic heterocycles. The fraction of sp³-hybridized carbons (Fsp3) is 0. The molecule has 0 spiro atoms. The lowest BCUT2D eigenvalue weighted by Gasteiger charge is -2.02. The molecule has 0 fully saturated rings. The van der Waals surface area contributed by atoms with Gasteiger partial charge in [-0.15, -0.1) is 0 Å². The third-order valence-electron chi connectivity index (χ3n) is 1.99. The van der Waals surface area contributed by atoms with Gasteiger partial charge < -0.3 is 11.6 Å². The summed E-state index contributed by atoms with van der Waals surface area (Å²) in [5, 5.41) is 2.57. The van der Waals surface area contributed by atoms with Crippen molar-refractivity contribution in [3.8, 4) is 0 Å². The summed E-state index contributed by atoms with van der Waals surface area (Å²) in [7, 11) is 0. The third kappa shape index (κ3) is 0.972. The Hall–Kier alpha value is -2.24. The van der Waals surface area contributed by atoms with E-state index in [1.54, 1.807) is 12.1 Å². The van der Waals surface area contributed by atoms with Crippen molar-refractivity contribution >= 4 is 16.5 Å². The predicted molar refractivity (Wildman–Crippen MR) is 53.4 cm³/mol. The first-order valence-electron chi connectivity index (χ1n) is 3.90. The Kier molecular flexibility index (Phi) is 1.57. The maximum absolute atomic E-state index is 11.4. The zero-order valence-electron chi connectivity index (χ0n) is 7.15. The van der Waals surface area contributed by atoms with Gasteiger partial charge in [0.1, 0.15) is 0 Å². The minimum Gasteiger partial charge on any atom is -0.398 e. The molecule has 2 rings (SSSR count). The first-order chi connectivity index (χ1) is 6.61. The molecule has 0 aliphatic rings. The van der Waals surface area contributed by atoms with E-state index in [1.807, 2.05) is 0 Å². The van der Waals surface area contributed by atoms with Crippen LogP contribution in [0.3, 0.4) is 0 Å². The highest BCUT2D eigenvalue weighted by Gasteiger charge is 2.07. The number of nitrogens with two attached hydrogens (primary N) is 2. The van der Waals surface area contributed by atoms with Gasteiger partial charge >= 0.3 is 0 Å². The SMILES string of the molecule is Nc1cccc2c(=O)n(N)[nH]c(=O)c12. The van der Waals surface area contributed by atoms with Gasteiger partial charge in [-0.05, 0) is 12.1 Å². The lowest BCUT2D eigenvalue weighted by molar-refractivity contribution is 0.759. The van der Waals surface area contributed by atoms with Crippen molar-refractivity contribution in [1.82, 2.24) is 9.89 Å². The number of hydrogen-bond donors (Lipinski definition) is 3. The largest absolute Gasteiger partial charge is 0.398 e. The van der Waals surface area contributed by atoms with E-state index in [4.69, 9.17) is 11.6 Å². The van der Waals surface area contributed by atoms with Crippen LogP contribution >= 0.6 is 0 Å². The Bertz CT molecular complexity index is 611. The standard InChI is InChI=1S/C8H8N4O2/c9-5-3-1-2-4-6(5)7(13)11-12(10)8(4)14/h1-3H,9-10H2,(H,11,13). The van der Waals surface area contributed by atoms with Crippen LogP contribution in [0.2, 0.25) is 0 Å². The maximum atomic E-state index is 11.4. The summed E-state index contributed by atoms with van der Waals surface area (Å²) in [5.41, 5.74) is 4.88. The molecule has 0 atom stereocenters. The molecule has 0 aliphatic heterocycles. The van der Waals surface area contributed by atoms with Crippen LogP contribution in [-0.4, -0.2) is 9.89 Å². The molecule has 1 heterocycles. The zero-order chi connectivity index (χ0) is 10.3. The molecule has 0 amide bonds. The van der Waals surface area contributed by atoms with E-state index in [1.165, 1.54) is 6.07 Å². The van der Waals surface area contributed by atoms with Crippen LogP contribution in [0.15, 0.2) is 27.8 Å². The molecule has 0 radical (unpaired) electrons. The second kappa shape index (κ2) is 2.63. The third-order valence-corrected chi connectivity index (χ3v) is 1.99. The zero-order valence-corrected chi connectivity index (χ0v) is 7.15. The fourth-order valence-corrected chi connectivity index (χ4v) is 1.35. The van der Waals surface area contributed by atoms with E-state index in [9.17, 15) is 9.59 Å². The summed E-state index contributed by atoms with van der Waals surface area (Å²) in [4.78, 5) is 23.5. The molecule has 0 saturated carbocycles. The van der Waals surface area contributed by atoms with Crippen molar-refractivity contribution in [2.45, 2.75) is 0 Å². The highest BCUT2D eigenvalue weighted by Crippen LogP contribution is 2.11. The van der Waals surface area contributed by atoms with Crippen LogP contribution in [0.25, 0.3) is 10.8 Å². The molecule has 14 heavy (non-hydrogen) atoms. The van der Waals surface area contributed by atoms with Gasteiger partial charge in [0.15, 0.2) is 0 Å². The van der Waals surface area contributed by atoms with Gasteiger partial charge in [0, 0.05) is 5.69 Å². The quantitative estimate of drug-likeness (QED) is 0.367. The Morgan fingerprint density at radius 1 is 1.29 bits per heavy atom. The van der Waals surface area contributed by atoms with Crippen molar-refractivity contribution in [2.24, 2.45) is 0 Å². The number of nitrogens with one attached hydrogen (secondary N) is 1. The molecule has 5 N–H and O–H groups in total. The van der Waals surface area contributed by atoms with Crippen molar-refractivity contribution < 1.29 is 0 Å². The van der Waals surface area contributed by atoms with Gasteiger partial charge in [0.25, 0.3) is 11.1 Å². The number of H-pyrrole nitrogens is 1. The van der Waals surface area contributed by atoms with Gasteiger partial charge in [-0.2, -0.15) is 4.79 Å². The summed E-state index contributed by atoms with van der Waals surface area (Å²) >= 11 is 0. The molecule has 0 unspecified atom stereocenters. The summed E-state index contributed by atoms with van der Waals surface area (Å²) in [6.45, 7) is 0. The Morgan fingerprint density at radius 2 is 2.00 bits per heavy atom. The second-order valence-electron chi connectivity index (χ2n) is 2.89. The van der Waals surface area contributed by atoms with Crippen molar-refractivity contribution in [3.63, 3.8) is 0 Å². The Labute approximate surface area is 77.7 Å². The number of fused-ring (bicyclic) bond motifs is 1. The summed E-state index contributed by atoms with van der Waals surface area (Å²) in [6.07, 6.45) is 0. The van der Waals surface area contributed by atoms with Crippen LogP contribution < -0.4 is 22.7 Å². The van der Waals surface area contributed by atoms with Gasteiger partial charge in [-0.3, -0.25) is 9.59 Å². The number of benzene rings is 1. The molecule has 2 aromatic rings. The van der Waals surface area contributed by atoms with Crippen LogP contribution in [-0.2, 0) is 0 Å². The molecule has 1 aromatic carbocycles. The van der Waals surface area contributed by atoms with Gasteiger partial charge in [0.2, 0.25) is 0 Å². The molecule has 6 heteroatoms. The number of aromatic amines is 1. The molecule has 0 saturated heterocycles. The van der Waals surface area contributed by atoms with Crippen LogP contribution in [0.5, 0.6) is 0 Å². The first-order valence-corrected chi connectivity index (χ1v) is 3.90. The summed E-state index contributed by atoms with van der Waals surface area (Å²) in [6, 6.07) is 4.66. The van der Waals surface area contributed by atoms with E-state index >= 15 is 0 Å². The highest BCUT2D eigenvalue weighted by molar-refractivity contribution is 5.91. The van der Waals surface area contributed by atoms with Crippen molar-refractivity contribution in [1.29, 1.82) is 0 Å². The van der Waals surface area contributed by atoms with Crippen LogP contribution in [0.1, 0.15) is 0 Å². The molecule has 0 bridgehead atoms. The average Bonchev–Trinajstić information content (AvgIpc) is 2.14. The smallest absolute Gasteiger partial charge is 0.292 e. The number of anilines is 1. The minimum absolute atomic E-state index is 0.180. The second-order valence-corrected chi connectivity index (χ2v) is 2.89. The number of aromatic nitrogens is 2. The number of nitrogens with zero attached hydrogens (tertiary/aromatic N) is 1.